The Hall–Kier alpha value is -1.42. The highest BCUT2D eigenvalue weighted by molar-refractivity contribution is 5.72. The average Bonchev–Trinajstić information content (AvgIpc) is 2.41. The van der Waals surface area contributed by atoms with Crippen molar-refractivity contribution in [3.63, 3.8) is 0 Å². The summed E-state index contributed by atoms with van der Waals surface area (Å²) >= 11 is 0. The van der Waals surface area contributed by atoms with E-state index in [1.54, 1.807) is 12.4 Å². The number of carbonyl (C=O) groups is 1. The number of aromatic nitrogens is 1. The Morgan fingerprint density at radius 3 is 2.83 bits per heavy atom. The predicted octanol–water partition coefficient (Wildman–Crippen LogP) is 2.02. The van der Waals surface area contributed by atoms with Gasteiger partial charge < -0.3 is 9.84 Å². The Labute approximate surface area is 107 Å². The van der Waals surface area contributed by atoms with E-state index in [4.69, 9.17) is 4.74 Å². The molecule has 1 aliphatic carbocycles. The number of nitrogens with zero attached hydrogens (tertiary/aromatic N) is 1. The summed E-state index contributed by atoms with van der Waals surface area (Å²) in [6.07, 6.45) is 5.90. The minimum atomic E-state index is -0.836. The summed E-state index contributed by atoms with van der Waals surface area (Å²) in [5.74, 6) is -0.201. The van der Waals surface area contributed by atoms with E-state index in [9.17, 15) is 9.90 Å². The lowest BCUT2D eigenvalue weighted by Gasteiger charge is -2.35. The zero-order valence-electron chi connectivity index (χ0n) is 10.6. The van der Waals surface area contributed by atoms with Crippen LogP contribution >= 0.6 is 0 Å². The molecule has 0 aromatic carbocycles. The van der Waals surface area contributed by atoms with Gasteiger partial charge in [0.25, 0.3) is 0 Å². The van der Waals surface area contributed by atoms with Crippen molar-refractivity contribution in [3.8, 4) is 0 Å². The van der Waals surface area contributed by atoms with E-state index in [-0.39, 0.29) is 11.9 Å². The maximum absolute atomic E-state index is 11.6. The van der Waals surface area contributed by atoms with E-state index < -0.39 is 5.60 Å². The molecular formula is C14H19NO3. The van der Waals surface area contributed by atoms with Crippen LogP contribution in [-0.4, -0.2) is 22.7 Å². The van der Waals surface area contributed by atoms with E-state index in [1.807, 2.05) is 19.1 Å². The van der Waals surface area contributed by atoms with Crippen LogP contribution in [-0.2, 0) is 15.1 Å². The quantitative estimate of drug-likeness (QED) is 0.833. The third-order valence-corrected chi connectivity index (χ3v) is 3.63. The Morgan fingerprint density at radius 1 is 1.56 bits per heavy atom. The number of ether oxygens (including phenoxy) is 1. The molecule has 2 rings (SSSR count). The van der Waals surface area contributed by atoms with Crippen LogP contribution in [0.1, 0.15) is 38.2 Å². The molecule has 0 amide bonds. The standard InChI is InChI=1S/C14H19NO3/c1-2-18-13(16)11-5-7-14(17,8-6-11)12-4-3-9-15-10-12/h3-4,9-11,17H,2,5-8H2,1H3. The van der Waals surface area contributed by atoms with Crippen LogP contribution in [0.5, 0.6) is 0 Å². The molecule has 0 spiro atoms. The molecule has 0 bridgehead atoms. The van der Waals surface area contributed by atoms with Crippen molar-refractivity contribution in [1.29, 1.82) is 0 Å². The Kier molecular flexibility index (Phi) is 3.97. The minimum absolute atomic E-state index is 0.0677. The lowest BCUT2D eigenvalue weighted by atomic mass is 9.75. The molecule has 1 aromatic rings. The summed E-state index contributed by atoms with van der Waals surface area (Å²) in [7, 11) is 0. The largest absolute Gasteiger partial charge is 0.466 e. The van der Waals surface area contributed by atoms with Gasteiger partial charge in [0.2, 0.25) is 0 Å². The number of rotatable bonds is 3. The van der Waals surface area contributed by atoms with Crippen molar-refractivity contribution in [2.24, 2.45) is 5.92 Å². The number of pyridine rings is 1. The second-order valence-corrected chi connectivity index (χ2v) is 4.80. The molecule has 1 aromatic heterocycles. The maximum atomic E-state index is 11.6. The second-order valence-electron chi connectivity index (χ2n) is 4.80. The summed E-state index contributed by atoms with van der Waals surface area (Å²) < 4.78 is 5.02. The molecule has 1 aliphatic rings. The molecule has 1 saturated carbocycles. The molecule has 1 N–H and O–H groups in total. The monoisotopic (exact) mass is 249 g/mol. The first-order valence-electron chi connectivity index (χ1n) is 6.45. The van der Waals surface area contributed by atoms with Gasteiger partial charge in [-0.3, -0.25) is 9.78 Å². The molecular weight excluding hydrogens is 230 g/mol. The number of carbonyl (C=O) groups excluding carboxylic acids is 1. The van der Waals surface area contributed by atoms with Crippen LogP contribution < -0.4 is 0 Å². The molecule has 1 fully saturated rings. The lowest BCUT2D eigenvalue weighted by molar-refractivity contribution is -0.151. The van der Waals surface area contributed by atoms with Gasteiger partial charge in [0.1, 0.15) is 0 Å². The fourth-order valence-corrected chi connectivity index (χ4v) is 2.52. The van der Waals surface area contributed by atoms with Crippen molar-refractivity contribution < 1.29 is 14.6 Å². The van der Waals surface area contributed by atoms with Gasteiger partial charge in [-0.1, -0.05) is 6.07 Å². The van der Waals surface area contributed by atoms with Gasteiger partial charge in [-0.15, -0.1) is 0 Å². The van der Waals surface area contributed by atoms with Gasteiger partial charge in [0.05, 0.1) is 18.1 Å². The zero-order chi connectivity index (χ0) is 13.0. The Morgan fingerprint density at radius 2 is 2.28 bits per heavy atom. The zero-order valence-corrected chi connectivity index (χ0v) is 10.6. The van der Waals surface area contributed by atoms with Crippen LogP contribution in [0.2, 0.25) is 0 Å². The van der Waals surface area contributed by atoms with Crippen LogP contribution in [0.25, 0.3) is 0 Å². The van der Waals surface area contributed by atoms with Crippen molar-refractivity contribution >= 4 is 5.97 Å². The van der Waals surface area contributed by atoms with Crippen LogP contribution in [0.3, 0.4) is 0 Å². The molecule has 0 unspecified atom stereocenters. The molecule has 0 atom stereocenters. The van der Waals surface area contributed by atoms with Gasteiger partial charge >= 0.3 is 5.97 Å². The molecule has 1 heterocycles. The first-order chi connectivity index (χ1) is 8.65. The summed E-state index contributed by atoms with van der Waals surface area (Å²) in [5.41, 5.74) is 0.00404. The normalized spacial score (nSPS) is 27.8. The predicted molar refractivity (Wildman–Crippen MR) is 66.7 cm³/mol. The number of hydrogen-bond donors (Lipinski definition) is 1. The highest BCUT2D eigenvalue weighted by atomic mass is 16.5. The fraction of sp³-hybridized carbons (Fsp3) is 0.571. The van der Waals surface area contributed by atoms with E-state index >= 15 is 0 Å². The first-order valence-corrected chi connectivity index (χ1v) is 6.45. The number of esters is 1. The third-order valence-electron chi connectivity index (χ3n) is 3.63. The molecule has 18 heavy (non-hydrogen) atoms. The van der Waals surface area contributed by atoms with Gasteiger partial charge in [-0.2, -0.15) is 0 Å². The van der Waals surface area contributed by atoms with Crippen molar-refractivity contribution in [3.05, 3.63) is 30.1 Å². The number of aliphatic hydroxyl groups is 1. The lowest BCUT2D eigenvalue weighted by Crippen LogP contribution is -2.34. The molecule has 98 valence electrons. The fourth-order valence-electron chi connectivity index (χ4n) is 2.52. The van der Waals surface area contributed by atoms with Gasteiger partial charge in [0.15, 0.2) is 0 Å². The molecule has 0 saturated heterocycles. The summed E-state index contributed by atoms with van der Waals surface area (Å²) in [6, 6.07) is 3.71. The smallest absolute Gasteiger partial charge is 0.308 e. The maximum Gasteiger partial charge on any atom is 0.308 e. The summed E-state index contributed by atoms with van der Waals surface area (Å²) in [4.78, 5) is 15.7. The summed E-state index contributed by atoms with van der Waals surface area (Å²) in [6.45, 7) is 2.23. The summed E-state index contributed by atoms with van der Waals surface area (Å²) in [5, 5.41) is 10.6. The van der Waals surface area contributed by atoms with Gasteiger partial charge in [0, 0.05) is 18.0 Å². The van der Waals surface area contributed by atoms with Crippen molar-refractivity contribution in [1.82, 2.24) is 4.98 Å². The Bertz CT molecular complexity index is 397. The molecule has 4 heteroatoms. The highest BCUT2D eigenvalue weighted by Crippen LogP contribution is 2.39. The van der Waals surface area contributed by atoms with Crippen LogP contribution in [0.4, 0.5) is 0 Å². The second kappa shape index (κ2) is 5.48. The van der Waals surface area contributed by atoms with Crippen molar-refractivity contribution in [2.75, 3.05) is 6.61 Å². The Balaban J connectivity index is 1.99. The number of hydrogen-bond acceptors (Lipinski definition) is 4. The van der Waals surface area contributed by atoms with Crippen molar-refractivity contribution in [2.45, 2.75) is 38.2 Å². The minimum Gasteiger partial charge on any atom is -0.466 e. The van der Waals surface area contributed by atoms with E-state index in [0.717, 1.165) is 5.56 Å². The third kappa shape index (κ3) is 2.70. The highest BCUT2D eigenvalue weighted by Gasteiger charge is 2.37. The average molecular weight is 249 g/mol. The van der Waals surface area contributed by atoms with Gasteiger partial charge in [-0.25, -0.2) is 0 Å². The first kappa shape index (κ1) is 13.0. The van der Waals surface area contributed by atoms with E-state index in [2.05, 4.69) is 4.98 Å². The van der Waals surface area contributed by atoms with Crippen LogP contribution in [0, 0.1) is 5.92 Å². The van der Waals surface area contributed by atoms with Crippen LogP contribution in [0.15, 0.2) is 24.5 Å². The molecule has 0 radical (unpaired) electrons. The SMILES string of the molecule is CCOC(=O)C1CCC(O)(c2cccnc2)CC1. The van der Waals surface area contributed by atoms with E-state index in [0.29, 0.717) is 32.3 Å². The molecule has 0 aliphatic heterocycles. The van der Waals surface area contributed by atoms with Gasteiger partial charge in [-0.05, 0) is 38.7 Å². The molecule has 4 nitrogen and oxygen atoms in total. The topological polar surface area (TPSA) is 59.4 Å². The van der Waals surface area contributed by atoms with E-state index in [1.165, 1.54) is 0 Å².